The van der Waals surface area contributed by atoms with Crippen molar-refractivity contribution in [3.63, 3.8) is 0 Å². The minimum Gasteiger partial charge on any atom is -0.383 e. The highest BCUT2D eigenvalue weighted by Gasteiger charge is 2.22. The van der Waals surface area contributed by atoms with E-state index in [0.29, 0.717) is 6.04 Å². The van der Waals surface area contributed by atoms with E-state index < -0.39 is 0 Å². The summed E-state index contributed by atoms with van der Waals surface area (Å²) in [4.78, 5) is 0. The number of rotatable bonds is 2. The van der Waals surface area contributed by atoms with Gasteiger partial charge in [0.2, 0.25) is 0 Å². The maximum Gasteiger partial charge on any atom is 0.136 e. The molecule has 2 rings (SSSR count). The van der Waals surface area contributed by atoms with Gasteiger partial charge in [0.25, 0.3) is 0 Å². The van der Waals surface area contributed by atoms with Crippen molar-refractivity contribution in [2.75, 3.05) is 5.73 Å². The van der Waals surface area contributed by atoms with Crippen molar-refractivity contribution in [2.24, 2.45) is 5.92 Å². The van der Waals surface area contributed by atoms with Crippen LogP contribution < -0.4 is 5.73 Å². The summed E-state index contributed by atoms with van der Waals surface area (Å²) in [5, 5.41) is 4.57. The molecule has 0 saturated heterocycles. The van der Waals surface area contributed by atoms with Crippen LogP contribution in [0.3, 0.4) is 0 Å². The summed E-state index contributed by atoms with van der Waals surface area (Å²) in [6.07, 6.45) is 7.74. The molecule has 17 heavy (non-hydrogen) atoms. The Hall–Kier alpha value is -0.510. The normalized spacial score (nSPS) is 25.8. The van der Waals surface area contributed by atoms with Gasteiger partial charge in [-0.3, -0.25) is 0 Å². The van der Waals surface area contributed by atoms with Gasteiger partial charge in [-0.25, -0.2) is 4.68 Å². The van der Waals surface area contributed by atoms with Gasteiger partial charge in [0.1, 0.15) is 5.82 Å². The number of nitrogens with zero attached hydrogens (tertiary/aromatic N) is 2. The molecule has 1 heterocycles. The summed E-state index contributed by atoms with van der Waals surface area (Å²) >= 11 is 3.50. The Labute approximate surface area is 112 Å². The molecule has 0 radical (unpaired) electrons. The molecule has 1 aromatic heterocycles. The van der Waals surface area contributed by atoms with Gasteiger partial charge in [0, 0.05) is 0 Å². The van der Waals surface area contributed by atoms with Gasteiger partial charge in [-0.2, -0.15) is 5.10 Å². The fourth-order valence-corrected chi connectivity index (χ4v) is 3.10. The van der Waals surface area contributed by atoms with Crippen LogP contribution in [-0.2, 0) is 0 Å². The highest BCUT2D eigenvalue weighted by atomic mass is 79.9. The van der Waals surface area contributed by atoms with E-state index in [9.17, 15) is 0 Å². The summed E-state index contributed by atoms with van der Waals surface area (Å²) in [6.45, 7) is 4.30. The van der Waals surface area contributed by atoms with Crippen molar-refractivity contribution < 1.29 is 0 Å². The Morgan fingerprint density at radius 2 is 2.12 bits per heavy atom. The SMILES string of the molecule is CCC1CCCC(n2nc(C)c(Br)c2N)CC1. The highest BCUT2D eigenvalue weighted by Crippen LogP contribution is 2.35. The maximum atomic E-state index is 6.11. The number of aryl methyl sites for hydroxylation is 1. The number of aromatic nitrogens is 2. The van der Waals surface area contributed by atoms with Crippen LogP contribution in [0.5, 0.6) is 0 Å². The van der Waals surface area contributed by atoms with E-state index >= 15 is 0 Å². The molecular formula is C13H22BrN3. The molecule has 0 aliphatic heterocycles. The van der Waals surface area contributed by atoms with Crippen LogP contribution in [-0.4, -0.2) is 9.78 Å². The maximum absolute atomic E-state index is 6.11. The highest BCUT2D eigenvalue weighted by molar-refractivity contribution is 9.10. The zero-order chi connectivity index (χ0) is 12.4. The van der Waals surface area contributed by atoms with E-state index in [1.807, 2.05) is 11.6 Å². The summed E-state index contributed by atoms with van der Waals surface area (Å²) in [7, 11) is 0. The number of nitrogen functional groups attached to an aromatic ring is 1. The molecule has 0 bridgehead atoms. The van der Waals surface area contributed by atoms with Crippen molar-refractivity contribution in [1.29, 1.82) is 0 Å². The monoisotopic (exact) mass is 299 g/mol. The lowest BCUT2D eigenvalue weighted by atomic mass is 9.98. The first kappa shape index (κ1) is 12.9. The lowest BCUT2D eigenvalue weighted by Gasteiger charge is -2.16. The average molecular weight is 300 g/mol. The van der Waals surface area contributed by atoms with Crippen molar-refractivity contribution >= 4 is 21.7 Å². The van der Waals surface area contributed by atoms with E-state index in [4.69, 9.17) is 5.73 Å². The van der Waals surface area contributed by atoms with Crippen LogP contribution in [0.1, 0.15) is 57.2 Å². The Morgan fingerprint density at radius 1 is 1.35 bits per heavy atom. The predicted octanol–water partition coefficient (Wildman–Crippen LogP) is 4.07. The molecule has 0 amide bonds. The third kappa shape index (κ3) is 2.67. The zero-order valence-electron chi connectivity index (χ0n) is 10.7. The fourth-order valence-electron chi connectivity index (χ4n) is 2.84. The van der Waals surface area contributed by atoms with Crippen molar-refractivity contribution in [2.45, 2.75) is 58.4 Å². The third-order valence-corrected chi connectivity index (χ3v) is 5.01. The first-order valence-corrected chi connectivity index (χ1v) is 7.42. The van der Waals surface area contributed by atoms with Gasteiger partial charge >= 0.3 is 0 Å². The van der Waals surface area contributed by atoms with Crippen LogP contribution in [0.25, 0.3) is 0 Å². The minimum absolute atomic E-state index is 0.497. The van der Waals surface area contributed by atoms with Crippen LogP contribution in [0, 0.1) is 12.8 Å². The largest absolute Gasteiger partial charge is 0.383 e. The molecule has 0 spiro atoms. The molecule has 1 aliphatic carbocycles. The Bertz CT molecular complexity index is 386. The topological polar surface area (TPSA) is 43.8 Å². The number of halogens is 1. The van der Waals surface area contributed by atoms with Crippen LogP contribution in [0.15, 0.2) is 4.47 Å². The van der Waals surface area contributed by atoms with Crippen LogP contribution in [0.4, 0.5) is 5.82 Å². The smallest absolute Gasteiger partial charge is 0.136 e. The number of anilines is 1. The summed E-state index contributed by atoms with van der Waals surface area (Å²) in [5.41, 5.74) is 7.10. The molecule has 96 valence electrons. The van der Waals surface area contributed by atoms with Crippen molar-refractivity contribution in [3.05, 3.63) is 10.2 Å². The number of nitrogens with two attached hydrogens (primary N) is 1. The molecule has 1 saturated carbocycles. The van der Waals surface area contributed by atoms with E-state index in [-0.39, 0.29) is 0 Å². The van der Waals surface area contributed by atoms with Gasteiger partial charge in [0.15, 0.2) is 0 Å². The summed E-state index contributed by atoms with van der Waals surface area (Å²) in [5.74, 6) is 1.70. The molecule has 2 atom stereocenters. The first-order chi connectivity index (χ1) is 8.13. The zero-order valence-corrected chi connectivity index (χ0v) is 12.3. The van der Waals surface area contributed by atoms with Crippen LogP contribution >= 0.6 is 15.9 Å². The minimum atomic E-state index is 0.497. The number of hydrogen-bond acceptors (Lipinski definition) is 2. The van der Waals surface area contributed by atoms with Gasteiger partial charge in [0.05, 0.1) is 16.2 Å². The average Bonchev–Trinajstić information content (AvgIpc) is 2.55. The van der Waals surface area contributed by atoms with Gasteiger partial charge in [-0.05, 0) is 48.0 Å². The van der Waals surface area contributed by atoms with Gasteiger partial charge in [-0.15, -0.1) is 0 Å². The molecule has 0 aromatic carbocycles. The molecule has 4 heteroatoms. The molecule has 3 nitrogen and oxygen atoms in total. The quantitative estimate of drug-likeness (QED) is 0.837. The van der Waals surface area contributed by atoms with E-state index in [1.165, 1.54) is 38.5 Å². The molecule has 2 unspecified atom stereocenters. The lowest BCUT2D eigenvalue weighted by molar-refractivity contribution is 0.393. The molecule has 1 aliphatic rings. The molecule has 2 N–H and O–H groups in total. The molecule has 1 aromatic rings. The van der Waals surface area contributed by atoms with Crippen molar-refractivity contribution in [1.82, 2.24) is 9.78 Å². The summed E-state index contributed by atoms with van der Waals surface area (Å²) < 4.78 is 3.01. The standard InChI is InChI=1S/C13H22BrN3/c1-3-10-5-4-6-11(8-7-10)17-13(15)12(14)9(2)16-17/h10-11H,3-8,15H2,1-2H3. The summed E-state index contributed by atoms with van der Waals surface area (Å²) in [6, 6.07) is 0.497. The second-order valence-corrected chi connectivity index (χ2v) is 5.96. The van der Waals surface area contributed by atoms with Crippen LogP contribution in [0.2, 0.25) is 0 Å². The Kier molecular flexibility index (Phi) is 4.13. The first-order valence-electron chi connectivity index (χ1n) is 6.63. The second kappa shape index (κ2) is 5.42. The van der Waals surface area contributed by atoms with E-state index in [2.05, 4.69) is 28.0 Å². The van der Waals surface area contributed by atoms with Gasteiger partial charge < -0.3 is 5.73 Å². The molecule has 1 fully saturated rings. The second-order valence-electron chi connectivity index (χ2n) is 5.17. The molecular weight excluding hydrogens is 278 g/mol. The lowest BCUT2D eigenvalue weighted by Crippen LogP contribution is -2.13. The Morgan fingerprint density at radius 3 is 2.71 bits per heavy atom. The van der Waals surface area contributed by atoms with E-state index in [0.717, 1.165) is 21.9 Å². The predicted molar refractivity (Wildman–Crippen MR) is 75.0 cm³/mol. The van der Waals surface area contributed by atoms with E-state index in [1.54, 1.807) is 0 Å². The fraction of sp³-hybridized carbons (Fsp3) is 0.769. The number of hydrogen-bond donors (Lipinski definition) is 1. The Balaban J connectivity index is 2.14. The van der Waals surface area contributed by atoms with Gasteiger partial charge in [-0.1, -0.05) is 26.2 Å². The third-order valence-electron chi connectivity index (χ3n) is 4.03. The van der Waals surface area contributed by atoms with Crippen molar-refractivity contribution in [3.8, 4) is 0 Å².